The Bertz CT molecular complexity index is 820. The van der Waals surface area contributed by atoms with Crippen LogP contribution in [0.25, 0.3) is 0 Å². The number of nitrogens with one attached hydrogen (secondary N) is 1. The molecule has 0 amide bonds. The van der Waals surface area contributed by atoms with Gasteiger partial charge < -0.3 is 10.4 Å². The van der Waals surface area contributed by atoms with Crippen molar-refractivity contribution in [1.29, 1.82) is 0 Å². The molecule has 2 aliphatic heterocycles. The van der Waals surface area contributed by atoms with Gasteiger partial charge in [-0.15, -0.1) is 0 Å². The van der Waals surface area contributed by atoms with Gasteiger partial charge in [0.15, 0.2) is 10.7 Å². The Labute approximate surface area is 148 Å². The van der Waals surface area contributed by atoms with Gasteiger partial charge in [0.2, 0.25) is 0 Å². The van der Waals surface area contributed by atoms with Crippen LogP contribution in [-0.2, 0) is 28.0 Å². The van der Waals surface area contributed by atoms with E-state index in [2.05, 4.69) is 10.4 Å². The van der Waals surface area contributed by atoms with E-state index in [1.165, 1.54) is 11.4 Å². The number of halogens is 6. The van der Waals surface area contributed by atoms with Crippen molar-refractivity contribution in [3.63, 3.8) is 0 Å². The lowest BCUT2D eigenvalue weighted by atomic mass is 9.76. The maximum Gasteiger partial charge on any atom is 0.490 e. The summed E-state index contributed by atoms with van der Waals surface area (Å²) in [6, 6.07) is 0.583. The van der Waals surface area contributed by atoms with Gasteiger partial charge in [0.05, 0.1) is 0 Å². The Morgan fingerprint density at radius 1 is 1.22 bits per heavy atom. The van der Waals surface area contributed by atoms with Crippen molar-refractivity contribution in [2.75, 3.05) is 26.2 Å². The number of carbonyl (C=O) groups is 1. The summed E-state index contributed by atoms with van der Waals surface area (Å²) in [7, 11) is -2.72. The van der Waals surface area contributed by atoms with Gasteiger partial charge in [-0.25, -0.2) is 13.2 Å². The first-order chi connectivity index (χ1) is 12.1. The summed E-state index contributed by atoms with van der Waals surface area (Å²) < 4.78 is 95.9. The number of rotatable bonds is 2. The van der Waals surface area contributed by atoms with Gasteiger partial charge in [-0.2, -0.15) is 35.7 Å². The molecule has 0 saturated carbocycles. The molecule has 0 bridgehead atoms. The molecule has 0 aliphatic carbocycles. The molecule has 15 heteroatoms. The predicted octanol–water partition coefficient (Wildman–Crippen LogP) is 0.666. The predicted molar refractivity (Wildman–Crippen MR) is 76.0 cm³/mol. The molecule has 2 saturated heterocycles. The number of aliphatic carboxylic acids is 1. The van der Waals surface area contributed by atoms with Crippen molar-refractivity contribution >= 4 is 16.0 Å². The van der Waals surface area contributed by atoms with Gasteiger partial charge >= 0.3 is 18.3 Å². The van der Waals surface area contributed by atoms with Crippen LogP contribution in [0.1, 0.15) is 5.69 Å². The fourth-order valence-corrected chi connectivity index (χ4v) is 4.32. The number of aromatic nitrogens is 2. The van der Waals surface area contributed by atoms with Gasteiger partial charge in [-0.05, 0) is 0 Å². The molecule has 8 nitrogen and oxygen atoms in total. The lowest BCUT2D eigenvalue weighted by Gasteiger charge is -2.54. The van der Waals surface area contributed by atoms with Crippen LogP contribution < -0.4 is 5.32 Å². The number of nitrogens with zero attached hydrogens (tertiary/aromatic N) is 3. The zero-order valence-corrected chi connectivity index (χ0v) is 14.4. The van der Waals surface area contributed by atoms with Crippen molar-refractivity contribution in [2.45, 2.75) is 17.4 Å². The third-order valence-electron chi connectivity index (χ3n) is 4.00. The Kier molecular flexibility index (Phi) is 5.26. The molecule has 3 heterocycles. The third-order valence-corrected chi connectivity index (χ3v) is 5.85. The van der Waals surface area contributed by atoms with Crippen molar-refractivity contribution in [3.8, 4) is 0 Å². The summed E-state index contributed by atoms with van der Waals surface area (Å²) in [5.41, 5.74) is -1.22. The average Bonchev–Trinajstić information content (AvgIpc) is 2.77. The summed E-state index contributed by atoms with van der Waals surface area (Å²) in [6.07, 6.45) is -9.74. The maximum atomic E-state index is 12.6. The highest BCUT2D eigenvalue weighted by Gasteiger charge is 2.52. The summed E-state index contributed by atoms with van der Waals surface area (Å²) in [5, 5.41) is 13.0. The van der Waals surface area contributed by atoms with Gasteiger partial charge in [0.1, 0.15) is 0 Å². The van der Waals surface area contributed by atoms with E-state index in [-0.39, 0.29) is 5.41 Å². The van der Waals surface area contributed by atoms with E-state index < -0.39 is 39.1 Å². The number of sulfonamides is 1. The first-order valence-electron chi connectivity index (χ1n) is 7.21. The largest absolute Gasteiger partial charge is 0.490 e. The highest BCUT2D eigenvalue weighted by molar-refractivity contribution is 7.89. The quantitative estimate of drug-likeness (QED) is 0.677. The molecular formula is C12H14F6N4O4S. The molecule has 27 heavy (non-hydrogen) atoms. The van der Waals surface area contributed by atoms with Crippen molar-refractivity contribution in [2.24, 2.45) is 12.5 Å². The molecule has 1 spiro atoms. The van der Waals surface area contributed by atoms with Gasteiger partial charge in [0, 0.05) is 44.7 Å². The molecule has 3 rings (SSSR count). The number of hydrogen-bond donors (Lipinski definition) is 2. The van der Waals surface area contributed by atoms with E-state index in [1.807, 2.05) is 0 Å². The molecule has 0 aromatic carbocycles. The average molecular weight is 424 g/mol. The van der Waals surface area contributed by atoms with E-state index in [0.29, 0.717) is 19.2 Å². The van der Waals surface area contributed by atoms with Gasteiger partial charge in [-0.1, -0.05) is 0 Å². The highest BCUT2D eigenvalue weighted by atomic mass is 32.2. The monoisotopic (exact) mass is 424 g/mol. The molecule has 2 N–H and O–H groups in total. The molecular weight excluding hydrogens is 410 g/mol. The molecule has 0 unspecified atom stereocenters. The van der Waals surface area contributed by atoms with Crippen molar-refractivity contribution in [3.05, 3.63) is 11.8 Å². The lowest BCUT2D eigenvalue weighted by molar-refractivity contribution is -0.192. The number of carboxylic acids is 1. The van der Waals surface area contributed by atoms with Crippen LogP contribution in [0.4, 0.5) is 26.3 Å². The Balaban J connectivity index is 0.000000321. The molecule has 1 aromatic heterocycles. The van der Waals surface area contributed by atoms with Crippen LogP contribution >= 0.6 is 0 Å². The zero-order chi connectivity index (χ0) is 20.8. The summed E-state index contributed by atoms with van der Waals surface area (Å²) in [6.45, 7) is 2.18. The summed E-state index contributed by atoms with van der Waals surface area (Å²) in [5.74, 6) is -2.76. The number of aryl methyl sites for hydroxylation is 1. The molecule has 1 aromatic rings. The van der Waals surface area contributed by atoms with E-state index in [1.54, 1.807) is 0 Å². The summed E-state index contributed by atoms with van der Waals surface area (Å²) >= 11 is 0. The smallest absolute Gasteiger partial charge is 0.475 e. The van der Waals surface area contributed by atoms with Crippen LogP contribution in [-0.4, -0.2) is 65.9 Å². The van der Waals surface area contributed by atoms with Gasteiger partial charge in [-0.3, -0.25) is 4.68 Å². The first kappa shape index (κ1) is 21.4. The van der Waals surface area contributed by atoms with Crippen LogP contribution in [0.2, 0.25) is 0 Å². The maximum absolute atomic E-state index is 12.6. The molecule has 154 valence electrons. The van der Waals surface area contributed by atoms with Crippen molar-refractivity contribution in [1.82, 2.24) is 19.4 Å². The van der Waals surface area contributed by atoms with Crippen LogP contribution in [0, 0.1) is 5.41 Å². The Hall–Kier alpha value is -1.87. The molecule has 0 radical (unpaired) electrons. The molecule has 2 fully saturated rings. The van der Waals surface area contributed by atoms with E-state index in [4.69, 9.17) is 9.90 Å². The van der Waals surface area contributed by atoms with Crippen LogP contribution in [0.15, 0.2) is 11.1 Å². The standard InChI is InChI=1S/C10H13F3N4O2S.C2HF3O2/c1-16-8(2-7(15-16)10(11,12)13)20(18,19)17-5-9(6-17)3-14-4-9;3-2(4,5)1(6)7/h2,14H,3-6H2,1H3;(H,6,7). The second-order valence-electron chi connectivity index (χ2n) is 6.17. The van der Waals surface area contributed by atoms with E-state index >= 15 is 0 Å². The number of carboxylic acid groups (broad SMARTS) is 1. The molecule has 0 atom stereocenters. The summed E-state index contributed by atoms with van der Waals surface area (Å²) in [4.78, 5) is 8.90. The number of alkyl halides is 6. The first-order valence-corrected chi connectivity index (χ1v) is 8.65. The van der Waals surface area contributed by atoms with E-state index in [9.17, 15) is 34.8 Å². The number of hydrogen-bond acceptors (Lipinski definition) is 5. The van der Waals surface area contributed by atoms with Crippen molar-refractivity contribution < 1.29 is 44.7 Å². The van der Waals surface area contributed by atoms with E-state index in [0.717, 1.165) is 17.8 Å². The second-order valence-corrected chi connectivity index (χ2v) is 8.05. The highest BCUT2D eigenvalue weighted by Crippen LogP contribution is 2.38. The van der Waals surface area contributed by atoms with Crippen LogP contribution in [0.5, 0.6) is 0 Å². The fourth-order valence-electron chi connectivity index (χ4n) is 2.54. The second kappa shape index (κ2) is 6.63. The third kappa shape index (κ3) is 4.35. The fraction of sp³-hybridized carbons (Fsp3) is 0.667. The lowest BCUT2D eigenvalue weighted by Crippen LogP contribution is -2.71. The Morgan fingerprint density at radius 3 is 2.00 bits per heavy atom. The molecule has 2 aliphatic rings. The minimum absolute atomic E-state index is 0.0292. The topological polar surface area (TPSA) is 105 Å². The SMILES string of the molecule is Cn1nc(C(F)(F)F)cc1S(=O)(=O)N1CC2(CNC2)C1.O=C(O)C(F)(F)F. The normalized spacial score (nSPS) is 19.7. The zero-order valence-electron chi connectivity index (χ0n) is 13.6. The van der Waals surface area contributed by atoms with Gasteiger partial charge in [0.25, 0.3) is 10.0 Å². The minimum Gasteiger partial charge on any atom is -0.475 e. The Morgan fingerprint density at radius 2 is 1.70 bits per heavy atom. The van der Waals surface area contributed by atoms with Crippen LogP contribution in [0.3, 0.4) is 0 Å². The minimum atomic E-state index is -5.08.